The number of pyridine rings is 2. The van der Waals surface area contributed by atoms with Crippen molar-refractivity contribution in [2.45, 2.75) is 44.9 Å². The molecule has 1 aliphatic rings. The van der Waals surface area contributed by atoms with Crippen LogP contribution in [0.15, 0.2) is 42.9 Å². The van der Waals surface area contributed by atoms with Gasteiger partial charge in [-0.25, -0.2) is 18.9 Å². The molecule has 0 spiro atoms. The lowest BCUT2D eigenvalue weighted by atomic mass is 10.1. The van der Waals surface area contributed by atoms with E-state index in [9.17, 15) is 9.18 Å². The minimum atomic E-state index is -1.23. The van der Waals surface area contributed by atoms with Crippen molar-refractivity contribution >= 4 is 31.6 Å². The van der Waals surface area contributed by atoms with E-state index < -0.39 is 26.1 Å². The molecular formula is C23H27ClFN5O3Si. The second-order valence-corrected chi connectivity index (χ2v) is 15.3. The van der Waals surface area contributed by atoms with Crippen molar-refractivity contribution in [3.05, 3.63) is 59.4 Å². The molecule has 1 atom stereocenters. The summed E-state index contributed by atoms with van der Waals surface area (Å²) < 4.78 is 27.0. The Morgan fingerprint density at radius 3 is 2.71 bits per heavy atom. The first-order chi connectivity index (χ1) is 16.2. The highest BCUT2D eigenvalue weighted by Crippen LogP contribution is 2.32. The molecule has 0 aromatic carbocycles. The maximum Gasteiger partial charge on any atom is 0.416 e. The Morgan fingerprint density at radius 2 is 2.03 bits per heavy atom. The number of ether oxygens (including phenoxy) is 2. The van der Waals surface area contributed by atoms with Crippen LogP contribution in [0.4, 0.5) is 15.0 Å². The number of amides is 1. The van der Waals surface area contributed by atoms with Gasteiger partial charge in [0.1, 0.15) is 18.7 Å². The van der Waals surface area contributed by atoms with Crippen molar-refractivity contribution in [2.75, 3.05) is 18.1 Å². The number of aromatic nitrogens is 4. The molecule has 1 aliphatic heterocycles. The van der Waals surface area contributed by atoms with Crippen molar-refractivity contribution < 1.29 is 18.7 Å². The van der Waals surface area contributed by atoms with Crippen LogP contribution in [-0.4, -0.2) is 47.1 Å². The van der Waals surface area contributed by atoms with Gasteiger partial charge < -0.3 is 9.47 Å². The first-order valence-corrected chi connectivity index (χ1v) is 15.1. The highest BCUT2D eigenvalue weighted by atomic mass is 35.5. The SMILES string of the molecule is C[Si](C)(C)CCOCn1nc(-c2ccncc2)cc1N1CCC(c2cnc(Cl)c(F)c2)OC1=O. The number of carbonyl (C=O) groups is 1. The van der Waals surface area contributed by atoms with Crippen molar-refractivity contribution in [3.8, 4) is 11.3 Å². The molecule has 0 bridgehead atoms. The molecule has 1 unspecified atom stereocenters. The summed E-state index contributed by atoms with van der Waals surface area (Å²) in [7, 11) is -1.23. The highest BCUT2D eigenvalue weighted by molar-refractivity contribution is 6.76. The zero-order valence-corrected chi connectivity index (χ0v) is 21.1. The van der Waals surface area contributed by atoms with Crippen LogP contribution in [0.5, 0.6) is 0 Å². The topological polar surface area (TPSA) is 82.4 Å². The molecule has 3 aromatic rings. The third kappa shape index (κ3) is 5.80. The fraction of sp³-hybridized carbons (Fsp3) is 0.391. The zero-order valence-electron chi connectivity index (χ0n) is 19.4. The first kappa shape index (κ1) is 24.3. The second kappa shape index (κ2) is 10.2. The molecule has 8 nitrogen and oxygen atoms in total. The van der Waals surface area contributed by atoms with Gasteiger partial charge in [0.2, 0.25) is 0 Å². The van der Waals surface area contributed by atoms with Crippen LogP contribution in [0.2, 0.25) is 30.8 Å². The Kier molecular flexibility index (Phi) is 7.29. The van der Waals surface area contributed by atoms with Crippen LogP contribution < -0.4 is 4.90 Å². The van der Waals surface area contributed by atoms with Crippen LogP contribution in [0.3, 0.4) is 0 Å². The number of hydrogen-bond acceptors (Lipinski definition) is 6. The fourth-order valence-corrected chi connectivity index (χ4v) is 4.41. The number of carbonyl (C=O) groups excluding carboxylic acids is 1. The maximum absolute atomic E-state index is 13.8. The van der Waals surface area contributed by atoms with E-state index in [4.69, 9.17) is 21.1 Å². The number of nitrogens with zero attached hydrogens (tertiary/aromatic N) is 5. The average Bonchev–Trinajstić information content (AvgIpc) is 3.22. The molecule has 4 heterocycles. The molecule has 0 N–H and O–H groups in total. The third-order valence-electron chi connectivity index (χ3n) is 5.49. The average molecular weight is 504 g/mol. The second-order valence-electron chi connectivity index (χ2n) is 9.33. The molecule has 0 saturated carbocycles. The van der Waals surface area contributed by atoms with Gasteiger partial charge in [-0.3, -0.25) is 9.88 Å². The van der Waals surface area contributed by atoms with E-state index in [2.05, 4.69) is 34.7 Å². The molecule has 1 saturated heterocycles. The number of cyclic esters (lactones) is 1. The lowest BCUT2D eigenvalue weighted by molar-refractivity contribution is 0.0732. The van der Waals surface area contributed by atoms with Crippen molar-refractivity contribution in [1.82, 2.24) is 19.7 Å². The van der Waals surface area contributed by atoms with Gasteiger partial charge >= 0.3 is 6.09 Å². The number of anilines is 1. The standard InChI is InChI=1S/C23H27ClFN5O3Si/c1-34(2,3)11-10-32-15-30-21(13-19(28-30)16-4-7-26-8-5-16)29-9-6-20(33-23(29)31)17-12-18(25)22(24)27-14-17/h4-5,7-8,12-14,20H,6,9-11,15H2,1-3H3. The Balaban J connectivity index is 1.53. The Hall–Kier alpha value is -2.82. The van der Waals surface area contributed by atoms with Gasteiger partial charge in [0.05, 0.1) is 5.69 Å². The summed E-state index contributed by atoms with van der Waals surface area (Å²) in [4.78, 5) is 22.4. The smallest absolute Gasteiger partial charge is 0.416 e. The Bertz CT molecular complexity index is 1160. The third-order valence-corrected chi connectivity index (χ3v) is 7.47. The lowest BCUT2D eigenvalue weighted by Crippen LogP contribution is -2.40. The zero-order chi connectivity index (χ0) is 24.3. The van der Waals surface area contributed by atoms with Crippen molar-refractivity contribution in [3.63, 3.8) is 0 Å². The first-order valence-electron chi connectivity index (χ1n) is 11.1. The number of hydrogen-bond donors (Lipinski definition) is 0. The summed E-state index contributed by atoms with van der Waals surface area (Å²) in [6, 6.07) is 7.83. The predicted octanol–water partition coefficient (Wildman–Crippen LogP) is 5.53. The van der Waals surface area contributed by atoms with Crippen molar-refractivity contribution in [2.24, 2.45) is 0 Å². The summed E-state index contributed by atoms with van der Waals surface area (Å²) in [5, 5.41) is 4.46. The molecule has 0 radical (unpaired) electrons. The van der Waals surface area contributed by atoms with Crippen LogP contribution in [0, 0.1) is 5.82 Å². The van der Waals surface area contributed by atoms with Crippen LogP contribution >= 0.6 is 11.6 Å². The van der Waals surface area contributed by atoms with E-state index in [-0.39, 0.29) is 11.9 Å². The summed E-state index contributed by atoms with van der Waals surface area (Å²) in [5.74, 6) is -0.0724. The molecule has 0 aliphatic carbocycles. The Labute approximate surface area is 203 Å². The largest absolute Gasteiger partial charge is 0.441 e. The highest BCUT2D eigenvalue weighted by Gasteiger charge is 2.32. The predicted molar refractivity (Wildman–Crippen MR) is 130 cm³/mol. The monoisotopic (exact) mass is 503 g/mol. The van der Waals surface area contributed by atoms with Gasteiger partial charge in [-0.1, -0.05) is 31.2 Å². The molecule has 1 amide bonds. The van der Waals surface area contributed by atoms with Gasteiger partial charge in [0, 0.05) is 63.4 Å². The molecule has 34 heavy (non-hydrogen) atoms. The fourth-order valence-electron chi connectivity index (χ4n) is 3.55. The van der Waals surface area contributed by atoms with E-state index in [1.807, 2.05) is 18.2 Å². The summed E-state index contributed by atoms with van der Waals surface area (Å²) >= 11 is 5.67. The van der Waals surface area contributed by atoms with E-state index in [1.54, 1.807) is 17.1 Å². The Morgan fingerprint density at radius 1 is 1.26 bits per heavy atom. The summed E-state index contributed by atoms with van der Waals surface area (Å²) in [6.07, 6.45) is 4.12. The normalized spacial score (nSPS) is 16.6. The van der Waals surface area contributed by atoms with Gasteiger partial charge in [-0.15, -0.1) is 0 Å². The van der Waals surface area contributed by atoms with E-state index >= 15 is 0 Å². The van der Waals surface area contributed by atoms with E-state index in [0.717, 1.165) is 11.6 Å². The van der Waals surface area contributed by atoms with Crippen LogP contribution in [0.1, 0.15) is 18.1 Å². The summed E-state index contributed by atoms with van der Waals surface area (Å²) in [6.45, 7) is 8.08. The van der Waals surface area contributed by atoms with Gasteiger partial charge in [-0.2, -0.15) is 5.10 Å². The quantitative estimate of drug-likeness (QED) is 0.228. The minimum absolute atomic E-state index is 0.213. The van der Waals surface area contributed by atoms with E-state index in [1.165, 1.54) is 17.2 Å². The molecule has 1 fully saturated rings. The molecule has 4 rings (SSSR count). The molecule has 11 heteroatoms. The van der Waals surface area contributed by atoms with Gasteiger partial charge in [-0.05, 0) is 24.2 Å². The van der Waals surface area contributed by atoms with Gasteiger partial charge in [0.15, 0.2) is 11.0 Å². The van der Waals surface area contributed by atoms with E-state index in [0.29, 0.717) is 36.6 Å². The van der Waals surface area contributed by atoms with Crippen molar-refractivity contribution in [1.29, 1.82) is 0 Å². The molecule has 180 valence electrons. The lowest BCUT2D eigenvalue weighted by Gasteiger charge is -2.31. The van der Waals surface area contributed by atoms with Gasteiger partial charge in [0.25, 0.3) is 0 Å². The van der Waals surface area contributed by atoms with Crippen LogP contribution in [0.25, 0.3) is 11.3 Å². The van der Waals surface area contributed by atoms with Crippen LogP contribution in [-0.2, 0) is 16.2 Å². The minimum Gasteiger partial charge on any atom is -0.441 e. The maximum atomic E-state index is 13.8. The summed E-state index contributed by atoms with van der Waals surface area (Å²) in [5.41, 5.74) is 2.05. The number of rotatable bonds is 8. The molecular weight excluding hydrogens is 477 g/mol. The molecule has 3 aromatic heterocycles. The number of halogens is 2.